The summed E-state index contributed by atoms with van der Waals surface area (Å²) in [6.07, 6.45) is 1.66. The number of rotatable bonds is 5. The molecule has 0 radical (unpaired) electrons. The van der Waals surface area contributed by atoms with E-state index in [9.17, 15) is 4.79 Å². The Morgan fingerprint density at radius 3 is 2.67 bits per heavy atom. The second-order valence-electron chi connectivity index (χ2n) is 7.13. The van der Waals surface area contributed by atoms with Gasteiger partial charge in [0.1, 0.15) is 0 Å². The van der Waals surface area contributed by atoms with E-state index in [0.717, 1.165) is 5.56 Å². The maximum Gasteiger partial charge on any atom is 0.266 e. The standard InChI is InChI=1S/C25H15ClN4O2S/c26-18-5-3-4-17(12-18)22-14-28-23(32-22)15-33-25-29-21-7-2-1-6-20(21)24(31)30(25)19-10-8-16(13-27)9-11-19/h1-12,14H,15H2. The van der Waals surface area contributed by atoms with E-state index in [1.54, 1.807) is 47.2 Å². The van der Waals surface area contributed by atoms with Crippen molar-refractivity contribution in [2.75, 3.05) is 0 Å². The molecule has 2 heterocycles. The number of fused-ring (bicyclic) bond motifs is 1. The molecule has 0 aliphatic carbocycles. The van der Waals surface area contributed by atoms with Gasteiger partial charge < -0.3 is 4.42 Å². The molecule has 3 aromatic carbocycles. The molecule has 33 heavy (non-hydrogen) atoms. The molecule has 0 aliphatic rings. The van der Waals surface area contributed by atoms with Crippen LogP contribution in [0.2, 0.25) is 5.02 Å². The zero-order valence-corrected chi connectivity index (χ0v) is 18.7. The quantitative estimate of drug-likeness (QED) is 0.236. The Morgan fingerprint density at radius 2 is 1.88 bits per heavy atom. The summed E-state index contributed by atoms with van der Waals surface area (Å²) in [5.41, 5.74) is 2.42. The molecule has 0 unspecified atom stereocenters. The lowest BCUT2D eigenvalue weighted by atomic mass is 10.2. The first-order valence-electron chi connectivity index (χ1n) is 9.98. The van der Waals surface area contributed by atoms with Crippen LogP contribution in [-0.2, 0) is 5.75 Å². The Morgan fingerprint density at radius 1 is 1.06 bits per heavy atom. The third kappa shape index (κ3) is 4.27. The van der Waals surface area contributed by atoms with Crippen LogP contribution >= 0.6 is 23.4 Å². The average Bonchev–Trinajstić information content (AvgIpc) is 3.32. The van der Waals surface area contributed by atoms with Crippen LogP contribution in [0.15, 0.2) is 93.4 Å². The van der Waals surface area contributed by atoms with E-state index in [2.05, 4.69) is 11.1 Å². The van der Waals surface area contributed by atoms with Gasteiger partial charge in [0.05, 0.1) is 40.2 Å². The molecule has 0 N–H and O–H groups in total. The minimum absolute atomic E-state index is 0.181. The van der Waals surface area contributed by atoms with E-state index in [0.29, 0.717) is 49.7 Å². The number of aromatic nitrogens is 3. The van der Waals surface area contributed by atoms with E-state index < -0.39 is 0 Å². The topological polar surface area (TPSA) is 84.7 Å². The molecule has 0 amide bonds. The number of para-hydroxylation sites is 1. The van der Waals surface area contributed by atoms with Crippen molar-refractivity contribution in [2.24, 2.45) is 0 Å². The SMILES string of the molecule is N#Cc1ccc(-n2c(SCc3ncc(-c4cccc(Cl)c4)o3)nc3ccccc3c2=O)cc1. The van der Waals surface area contributed by atoms with Gasteiger partial charge in [-0.2, -0.15) is 5.26 Å². The van der Waals surface area contributed by atoms with Gasteiger partial charge in [0.25, 0.3) is 5.56 Å². The smallest absolute Gasteiger partial charge is 0.266 e. The lowest BCUT2D eigenvalue weighted by molar-refractivity contribution is 0.529. The van der Waals surface area contributed by atoms with Crippen molar-refractivity contribution in [3.63, 3.8) is 0 Å². The van der Waals surface area contributed by atoms with E-state index in [1.807, 2.05) is 36.4 Å². The van der Waals surface area contributed by atoms with Crippen molar-refractivity contribution in [3.8, 4) is 23.1 Å². The summed E-state index contributed by atoms with van der Waals surface area (Å²) in [5, 5.41) is 10.7. The second kappa shape index (κ2) is 8.94. The maximum absolute atomic E-state index is 13.3. The lowest BCUT2D eigenvalue weighted by Gasteiger charge is -2.12. The number of hydrogen-bond acceptors (Lipinski definition) is 6. The minimum Gasteiger partial charge on any atom is -0.440 e. The van der Waals surface area contributed by atoms with Gasteiger partial charge in [0, 0.05) is 10.6 Å². The fraction of sp³-hybridized carbons (Fsp3) is 0.0400. The van der Waals surface area contributed by atoms with Crippen LogP contribution in [0.5, 0.6) is 0 Å². The molecule has 5 rings (SSSR count). The van der Waals surface area contributed by atoms with Gasteiger partial charge in [-0.05, 0) is 48.5 Å². The van der Waals surface area contributed by atoms with Gasteiger partial charge in [-0.3, -0.25) is 9.36 Å². The Bertz CT molecular complexity index is 1570. The number of nitrogens with zero attached hydrogens (tertiary/aromatic N) is 4. The third-order valence-corrected chi connectivity index (χ3v) is 6.15. The predicted molar refractivity (Wildman–Crippen MR) is 129 cm³/mol. The lowest BCUT2D eigenvalue weighted by Crippen LogP contribution is -2.21. The zero-order valence-electron chi connectivity index (χ0n) is 17.1. The highest BCUT2D eigenvalue weighted by Crippen LogP contribution is 2.28. The number of nitriles is 1. The van der Waals surface area contributed by atoms with Crippen LogP contribution in [0, 0.1) is 11.3 Å². The Balaban J connectivity index is 1.51. The van der Waals surface area contributed by atoms with Crippen LogP contribution in [0.25, 0.3) is 27.9 Å². The molecule has 0 bridgehead atoms. The fourth-order valence-corrected chi connectivity index (χ4v) is 4.46. The molecule has 0 saturated heterocycles. The van der Waals surface area contributed by atoms with Crippen molar-refractivity contribution in [3.05, 3.63) is 106 Å². The highest BCUT2D eigenvalue weighted by Gasteiger charge is 2.15. The van der Waals surface area contributed by atoms with Crippen molar-refractivity contribution in [1.29, 1.82) is 5.26 Å². The molecule has 0 fully saturated rings. The molecule has 0 atom stereocenters. The number of benzene rings is 3. The minimum atomic E-state index is -0.181. The van der Waals surface area contributed by atoms with E-state index >= 15 is 0 Å². The second-order valence-corrected chi connectivity index (χ2v) is 8.51. The highest BCUT2D eigenvalue weighted by atomic mass is 35.5. The highest BCUT2D eigenvalue weighted by molar-refractivity contribution is 7.98. The summed E-state index contributed by atoms with van der Waals surface area (Å²) in [6.45, 7) is 0. The van der Waals surface area contributed by atoms with Crippen molar-refractivity contribution >= 4 is 34.3 Å². The third-order valence-electron chi connectivity index (χ3n) is 4.99. The van der Waals surface area contributed by atoms with Crippen LogP contribution in [0.4, 0.5) is 0 Å². The van der Waals surface area contributed by atoms with Crippen molar-refractivity contribution < 1.29 is 4.42 Å². The van der Waals surface area contributed by atoms with Crippen LogP contribution in [0.1, 0.15) is 11.5 Å². The van der Waals surface area contributed by atoms with E-state index in [1.165, 1.54) is 11.8 Å². The summed E-state index contributed by atoms with van der Waals surface area (Å²) < 4.78 is 7.45. The van der Waals surface area contributed by atoms with Crippen molar-refractivity contribution in [2.45, 2.75) is 10.9 Å². The first-order chi connectivity index (χ1) is 16.1. The van der Waals surface area contributed by atoms with Gasteiger partial charge in [-0.25, -0.2) is 9.97 Å². The van der Waals surface area contributed by atoms with Crippen LogP contribution in [0.3, 0.4) is 0 Å². The average molecular weight is 471 g/mol. The molecule has 8 heteroatoms. The van der Waals surface area contributed by atoms with Gasteiger partial charge >= 0.3 is 0 Å². The van der Waals surface area contributed by atoms with E-state index in [4.69, 9.17) is 26.3 Å². The Hall–Kier alpha value is -3.86. The monoisotopic (exact) mass is 470 g/mol. The number of hydrogen-bond donors (Lipinski definition) is 0. The number of thioether (sulfide) groups is 1. The molecule has 160 valence electrons. The van der Waals surface area contributed by atoms with Crippen LogP contribution in [-0.4, -0.2) is 14.5 Å². The molecule has 5 aromatic rings. The maximum atomic E-state index is 13.3. The Kier molecular flexibility index (Phi) is 5.69. The summed E-state index contributed by atoms with van der Waals surface area (Å²) in [5.74, 6) is 1.49. The molecule has 6 nitrogen and oxygen atoms in total. The first-order valence-corrected chi connectivity index (χ1v) is 11.3. The van der Waals surface area contributed by atoms with Crippen LogP contribution < -0.4 is 5.56 Å². The van der Waals surface area contributed by atoms with E-state index in [-0.39, 0.29) is 5.56 Å². The zero-order chi connectivity index (χ0) is 22.8. The predicted octanol–water partition coefficient (Wildman–Crippen LogP) is 5.86. The molecular weight excluding hydrogens is 456 g/mol. The molecule has 0 saturated carbocycles. The van der Waals surface area contributed by atoms with Crippen molar-refractivity contribution in [1.82, 2.24) is 14.5 Å². The number of oxazole rings is 1. The summed E-state index contributed by atoms with van der Waals surface area (Å²) in [6, 6.07) is 23.5. The van der Waals surface area contributed by atoms with Gasteiger partial charge in [-0.15, -0.1) is 0 Å². The van der Waals surface area contributed by atoms with Gasteiger partial charge in [0.2, 0.25) is 5.89 Å². The normalized spacial score (nSPS) is 10.9. The Labute approximate surface area is 198 Å². The molecular formula is C25H15ClN4O2S. The van der Waals surface area contributed by atoms with Gasteiger partial charge in [0.15, 0.2) is 10.9 Å². The fourth-order valence-electron chi connectivity index (χ4n) is 3.40. The first kappa shape index (κ1) is 21.0. The largest absolute Gasteiger partial charge is 0.440 e. The summed E-state index contributed by atoms with van der Waals surface area (Å²) in [4.78, 5) is 22.4. The number of halogens is 1. The molecule has 2 aromatic heterocycles. The summed E-state index contributed by atoms with van der Waals surface area (Å²) >= 11 is 7.43. The molecule has 0 spiro atoms. The van der Waals surface area contributed by atoms with Gasteiger partial charge in [-0.1, -0.05) is 47.6 Å². The summed E-state index contributed by atoms with van der Waals surface area (Å²) in [7, 11) is 0. The molecule has 0 aliphatic heterocycles.